The van der Waals surface area contributed by atoms with E-state index < -0.39 is 0 Å². The van der Waals surface area contributed by atoms with Crippen LogP contribution in [0.3, 0.4) is 0 Å². The van der Waals surface area contributed by atoms with E-state index in [-0.39, 0.29) is 5.54 Å². The second-order valence-corrected chi connectivity index (χ2v) is 5.05. The van der Waals surface area contributed by atoms with E-state index in [9.17, 15) is 5.11 Å². The van der Waals surface area contributed by atoms with Crippen molar-refractivity contribution in [3.05, 3.63) is 29.8 Å². The average Bonchev–Trinajstić information content (AvgIpc) is 2.50. The van der Waals surface area contributed by atoms with Gasteiger partial charge in [0.25, 0.3) is 0 Å². The fourth-order valence-electron chi connectivity index (χ4n) is 2.61. The van der Waals surface area contributed by atoms with Crippen LogP contribution in [0.25, 0.3) is 0 Å². The second kappa shape index (κ2) is 3.86. The van der Waals surface area contributed by atoms with Crippen LogP contribution in [0, 0.1) is 5.92 Å². The summed E-state index contributed by atoms with van der Waals surface area (Å²) in [5.41, 5.74) is 7.57. The summed E-state index contributed by atoms with van der Waals surface area (Å²) in [5, 5.41) is 9.19. The third-order valence-electron chi connectivity index (χ3n) is 3.38. The Bertz CT molecular complexity index is 333. The molecule has 1 aromatic carbocycles. The van der Waals surface area contributed by atoms with Gasteiger partial charge in [-0.25, -0.2) is 0 Å². The van der Waals surface area contributed by atoms with Crippen molar-refractivity contribution in [3.63, 3.8) is 0 Å². The quantitative estimate of drug-likeness (QED) is 0.779. The second-order valence-electron chi connectivity index (χ2n) is 5.05. The minimum Gasteiger partial charge on any atom is -0.508 e. The zero-order valence-corrected chi connectivity index (χ0v) is 9.24. The molecule has 2 atom stereocenters. The SMILES string of the molecule is CC1CCC(N)(Cc2ccc(O)cc2)C1. The van der Waals surface area contributed by atoms with E-state index in [2.05, 4.69) is 6.92 Å². The van der Waals surface area contributed by atoms with Crippen LogP contribution in [0.4, 0.5) is 0 Å². The van der Waals surface area contributed by atoms with E-state index in [4.69, 9.17) is 5.73 Å². The van der Waals surface area contributed by atoms with Crippen LogP contribution in [0.1, 0.15) is 31.7 Å². The lowest BCUT2D eigenvalue weighted by Crippen LogP contribution is -2.39. The first kappa shape index (κ1) is 10.5. The molecule has 0 aromatic heterocycles. The van der Waals surface area contributed by atoms with Crippen molar-refractivity contribution in [2.45, 2.75) is 38.1 Å². The molecular formula is C13H19NO. The van der Waals surface area contributed by atoms with Gasteiger partial charge in [-0.3, -0.25) is 0 Å². The molecule has 1 fully saturated rings. The van der Waals surface area contributed by atoms with E-state index in [0.29, 0.717) is 5.75 Å². The number of nitrogens with two attached hydrogens (primary N) is 1. The molecule has 2 nitrogen and oxygen atoms in total. The molecule has 2 unspecified atom stereocenters. The fourth-order valence-corrected chi connectivity index (χ4v) is 2.61. The van der Waals surface area contributed by atoms with Gasteiger partial charge in [-0.1, -0.05) is 19.1 Å². The first-order valence-electron chi connectivity index (χ1n) is 5.64. The molecule has 2 heteroatoms. The van der Waals surface area contributed by atoms with Gasteiger partial charge in [0, 0.05) is 5.54 Å². The number of aromatic hydroxyl groups is 1. The van der Waals surface area contributed by atoms with E-state index in [0.717, 1.165) is 25.2 Å². The summed E-state index contributed by atoms with van der Waals surface area (Å²) >= 11 is 0. The highest BCUT2D eigenvalue weighted by Gasteiger charge is 2.33. The van der Waals surface area contributed by atoms with E-state index in [1.165, 1.54) is 12.0 Å². The van der Waals surface area contributed by atoms with E-state index >= 15 is 0 Å². The van der Waals surface area contributed by atoms with Gasteiger partial charge < -0.3 is 10.8 Å². The highest BCUT2D eigenvalue weighted by molar-refractivity contribution is 5.27. The Balaban J connectivity index is 2.05. The number of hydrogen-bond donors (Lipinski definition) is 2. The van der Waals surface area contributed by atoms with Gasteiger partial charge in [0.1, 0.15) is 5.75 Å². The molecule has 1 aliphatic carbocycles. The van der Waals surface area contributed by atoms with Crippen LogP contribution in [-0.4, -0.2) is 10.6 Å². The van der Waals surface area contributed by atoms with Crippen molar-refractivity contribution in [1.29, 1.82) is 0 Å². The third kappa shape index (κ3) is 2.51. The maximum atomic E-state index is 9.19. The maximum Gasteiger partial charge on any atom is 0.115 e. The lowest BCUT2D eigenvalue weighted by molar-refractivity contribution is 0.418. The van der Waals surface area contributed by atoms with Crippen molar-refractivity contribution in [2.24, 2.45) is 11.7 Å². The molecule has 15 heavy (non-hydrogen) atoms. The number of phenolic OH excluding ortho intramolecular Hbond substituents is 1. The summed E-state index contributed by atoms with van der Waals surface area (Å²) in [5.74, 6) is 1.08. The molecule has 82 valence electrons. The largest absolute Gasteiger partial charge is 0.508 e. The molecule has 0 spiro atoms. The molecule has 3 N–H and O–H groups in total. The fraction of sp³-hybridized carbons (Fsp3) is 0.538. The lowest BCUT2D eigenvalue weighted by Gasteiger charge is -2.24. The molecule has 1 aliphatic rings. The zero-order valence-electron chi connectivity index (χ0n) is 9.24. The third-order valence-corrected chi connectivity index (χ3v) is 3.38. The monoisotopic (exact) mass is 205 g/mol. The highest BCUT2D eigenvalue weighted by Crippen LogP contribution is 2.34. The number of hydrogen-bond acceptors (Lipinski definition) is 2. The molecule has 0 saturated heterocycles. The topological polar surface area (TPSA) is 46.2 Å². The zero-order chi connectivity index (χ0) is 10.9. The lowest BCUT2D eigenvalue weighted by atomic mass is 9.89. The van der Waals surface area contributed by atoms with Crippen LogP contribution < -0.4 is 5.73 Å². The van der Waals surface area contributed by atoms with Crippen molar-refractivity contribution in [1.82, 2.24) is 0 Å². The van der Waals surface area contributed by atoms with Crippen LogP contribution >= 0.6 is 0 Å². The van der Waals surface area contributed by atoms with Crippen molar-refractivity contribution >= 4 is 0 Å². The van der Waals surface area contributed by atoms with Crippen LogP contribution in [0.15, 0.2) is 24.3 Å². The van der Waals surface area contributed by atoms with Gasteiger partial charge >= 0.3 is 0 Å². The van der Waals surface area contributed by atoms with Crippen molar-refractivity contribution in [3.8, 4) is 5.75 Å². The Hall–Kier alpha value is -1.02. The van der Waals surface area contributed by atoms with Gasteiger partial charge in [0.05, 0.1) is 0 Å². The Morgan fingerprint density at radius 1 is 1.40 bits per heavy atom. The van der Waals surface area contributed by atoms with Crippen molar-refractivity contribution < 1.29 is 5.11 Å². The van der Waals surface area contributed by atoms with Gasteiger partial charge in [-0.05, 0) is 49.3 Å². The van der Waals surface area contributed by atoms with Gasteiger partial charge in [0.2, 0.25) is 0 Å². The maximum absolute atomic E-state index is 9.19. The summed E-state index contributed by atoms with van der Waals surface area (Å²) in [4.78, 5) is 0. The molecule has 0 bridgehead atoms. The Labute approximate surface area is 91.1 Å². The molecule has 0 heterocycles. The predicted octanol–water partition coefficient (Wildman–Crippen LogP) is 2.45. The van der Waals surface area contributed by atoms with Crippen LogP contribution in [-0.2, 0) is 6.42 Å². The van der Waals surface area contributed by atoms with E-state index in [1.807, 2.05) is 12.1 Å². The molecule has 2 rings (SSSR count). The summed E-state index contributed by atoms with van der Waals surface area (Å²) in [6.45, 7) is 2.27. The predicted molar refractivity (Wildman–Crippen MR) is 61.7 cm³/mol. The Morgan fingerprint density at radius 3 is 2.60 bits per heavy atom. The molecule has 1 aromatic rings. The summed E-state index contributed by atoms with van der Waals surface area (Å²) < 4.78 is 0. The van der Waals surface area contributed by atoms with Gasteiger partial charge in [-0.2, -0.15) is 0 Å². The minimum atomic E-state index is -0.0175. The summed E-state index contributed by atoms with van der Waals surface area (Å²) in [6.07, 6.45) is 4.41. The van der Waals surface area contributed by atoms with Gasteiger partial charge in [0.15, 0.2) is 0 Å². The number of phenols is 1. The normalized spacial score (nSPS) is 30.7. The summed E-state index contributed by atoms with van der Waals surface area (Å²) in [7, 11) is 0. The van der Waals surface area contributed by atoms with Crippen LogP contribution in [0.5, 0.6) is 5.75 Å². The van der Waals surface area contributed by atoms with E-state index in [1.54, 1.807) is 12.1 Å². The number of rotatable bonds is 2. The van der Waals surface area contributed by atoms with Crippen molar-refractivity contribution in [2.75, 3.05) is 0 Å². The first-order chi connectivity index (χ1) is 7.07. The van der Waals surface area contributed by atoms with Gasteiger partial charge in [-0.15, -0.1) is 0 Å². The molecular weight excluding hydrogens is 186 g/mol. The number of benzene rings is 1. The Kier molecular flexibility index (Phi) is 2.70. The molecule has 0 amide bonds. The average molecular weight is 205 g/mol. The highest BCUT2D eigenvalue weighted by atomic mass is 16.3. The first-order valence-corrected chi connectivity index (χ1v) is 5.64. The molecule has 0 radical (unpaired) electrons. The summed E-state index contributed by atoms with van der Waals surface area (Å²) in [6, 6.07) is 7.40. The standard InChI is InChI=1S/C13H19NO/c1-10-6-7-13(14,8-10)9-11-2-4-12(15)5-3-11/h2-5,10,15H,6-9,14H2,1H3. The smallest absolute Gasteiger partial charge is 0.115 e. The minimum absolute atomic E-state index is 0.0175. The molecule has 0 aliphatic heterocycles. The van der Waals surface area contributed by atoms with Crippen LogP contribution in [0.2, 0.25) is 0 Å². The molecule has 1 saturated carbocycles. The Morgan fingerprint density at radius 2 is 2.07 bits per heavy atom.